The Morgan fingerprint density at radius 2 is 2.20 bits per heavy atom. The minimum absolute atomic E-state index is 0.490. The fourth-order valence-electron chi connectivity index (χ4n) is 2.76. The zero-order chi connectivity index (χ0) is 13.9. The normalized spacial score (nSPS) is 26.5. The molecule has 5 heteroatoms. The smallest absolute Gasteiger partial charge is 0.225 e. The van der Waals surface area contributed by atoms with E-state index in [-0.39, 0.29) is 0 Å². The molecule has 2 atom stereocenters. The molecular weight excluding hydrogens is 252 g/mol. The van der Waals surface area contributed by atoms with Gasteiger partial charge in [-0.25, -0.2) is 9.97 Å². The Morgan fingerprint density at radius 1 is 1.35 bits per heavy atom. The van der Waals surface area contributed by atoms with Gasteiger partial charge in [-0.3, -0.25) is 0 Å². The Balaban J connectivity index is 1.52. The van der Waals surface area contributed by atoms with Crippen LogP contribution >= 0.6 is 0 Å². The molecule has 2 unspecified atom stereocenters. The summed E-state index contributed by atoms with van der Waals surface area (Å²) >= 11 is 0. The molecule has 1 N–H and O–H groups in total. The van der Waals surface area contributed by atoms with Crippen molar-refractivity contribution in [3.05, 3.63) is 18.0 Å². The highest BCUT2D eigenvalue weighted by atomic mass is 16.5. The van der Waals surface area contributed by atoms with Crippen LogP contribution in [0, 0.1) is 5.92 Å². The van der Waals surface area contributed by atoms with Crippen molar-refractivity contribution in [2.45, 2.75) is 44.4 Å². The number of hydrogen-bond acceptors (Lipinski definition) is 5. The summed E-state index contributed by atoms with van der Waals surface area (Å²) in [5.41, 5.74) is 1.05. The number of nitrogens with zero attached hydrogens (tertiary/aromatic N) is 3. The highest BCUT2D eigenvalue weighted by molar-refractivity contribution is 5.27. The molecule has 5 nitrogen and oxygen atoms in total. The first-order valence-corrected chi connectivity index (χ1v) is 7.56. The van der Waals surface area contributed by atoms with Crippen molar-refractivity contribution in [1.29, 1.82) is 0 Å². The third-order valence-corrected chi connectivity index (χ3v) is 4.14. The molecule has 110 valence electrons. The van der Waals surface area contributed by atoms with E-state index in [1.54, 1.807) is 0 Å². The van der Waals surface area contributed by atoms with E-state index in [1.165, 1.54) is 12.8 Å². The van der Waals surface area contributed by atoms with Crippen LogP contribution in [0.1, 0.15) is 31.4 Å². The van der Waals surface area contributed by atoms with Crippen LogP contribution in [-0.4, -0.2) is 42.8 Å². The Labute approximate surface area is 120 Å². The molecule has 0 aromatic carbocycles. The lowest BCUT2D eigenvalue weighted by molar-refractivity contribution is -0.0113. The lowest BCUT2D eigenvalue weighted by atomic mass is 10.00. The molecule has 0 spiro atoms. The molecule has 1 aliphatic heterocycles. The first-order valence-electron chi connectivity index (χ1n) is 7.56. The summed E-state index contributed by atoms with van der Waals surface area (Å²) in [7, 11) is 3.93. The van der Waals surface area contributed by atoms with Crippen LogP contribution in [0.2, 0.25) is 0 Å². The molecule has 2 aliphatic rings. The van der Waals surface area contributed by atoms with E-state index in [0.717, 1.165) is 43.6 Å². The van der Waals surface area contributed by atoms with Crippen molar-refractivity contribution in [1.82, 2.24) is 15.3 Å². The van der Waals surface area contributed by atoms with Crippen LogP contribution in [0.15, 0.2) is 12.3 Å². The van der Waals surface area contributed by atoms with E-state index in [9.17, 15) is 0 Å². The summed E-state index contributed by atoms with van der Waals surface area (Å²) in [6, 6.07) is 2.55. The predicted molar refractivity (Wildman–Crippen MR) is 78.7 cm³/mol. The molecule has 1 aromatic heterocycles. The van der Waals surface area contributed by atoms with E-state index >= 15 is 0 Å². The minimum Gasteiger partial charge on any atom is -0.378 e. The first kappa shape index (κ1) is 13.8. The molecule has 2 fully saturated rings. The summed E-state index contributed by atoms with van der Waals surface area (Å²) in [5, 5.41) is 3.63. The standard InChI is InChI=1S/C15H24N4O/c1-19(2)15-16-7-5-13(18-15)10-17-12-6-8-20-14(9-12)11-3-4-11/h5,7,11-12,14,17H,3-4,6,8-10H2,1-2H3. The van der Waals surface area contributed by atoms with E-state index in [2.05, 4.69) is 15.3 Å². The van der Waals surface area contributed by atoms with Gasteiger partial charge in [-0.2, -0.15) is 0 Å². The third kappa shape index (κ3) is 3.46. The van der Waals surface area contributed by atoms with Gasteiger partial charge in [-0.1, -0.05) is 0 Å². The highest BCUT2D eigenvalue weighted by Crippen LogP contribution is 2.38. The summed E-state index contributed by atoms with van der Waals surface area (Å²) in [4.78, 5) is 10.7. The van der Waals surface area contributed by atoms with Gasteiger partial charge in [0.15, 0.2) is 0 Å². The van der Waals surface area contributed by atoms with Crippen molar-refractivity contribution in [2.75, 3.05) is 25.6 Å². The number of hydrogen-bond donors (Lipinski definition) is 1. The van der Waals surface area contributed by atoms with Crippen LogP contribution in [-0.2, 0) is 11.3 Å². The maximum Gasteiger partial charge on any atom is 0.225 e. The molecule has 2 heterocycles. The van der Waals surface area contributed by atoms with Gasteiger partial charge in [0.25, 0.3) is 0 Å². The van der Waals surface area contributed by atoms with Gasteiger partial charge in [0.1, 0.15) is 0 Å². The molecule has 1 saturated carbocycles. The Morgan fingerprint density at radius 3 is 2.95 bits per heavy atom. The maximum atomic E-state index is 5.86. The molecule has 1 aromatic rings. The van der Waals surface area contributed by atoms with Gasteiger partial charge in [0, 0.05) is 39.5 Å². The molecule has 0 amide bonds. The van der Waals surface area contributed by atoms with Crippen molar-refractivity contribution < 1.29 is 4.74 Å². The lowest BCUT2D eigenvalue weighted by Crippen LogP contribution is -2.39. The Hall–Kier alpha value is -1.20. The summed E-state index contributed by atoms with van der Waals surface area (Å²) in [6.07, 6.45) is 7.29. The van der Waals surface area contributed by atoms with Crippen molar-refractivity contribution in [2.24, 2.45) is 5.92 Å². The van der Waals surface area contributed by atoms with Crippen LogP contribution in [0.5, 0.6) is 0 Å². The average molecular weight is 276 g/mol. The molecule has 3 rings (SSSR count). The second kappa shape index (κ2) is 6.06. The van der Waals surface area contributed by atoms with Gasteiger partial charge in [0.05, 0.1) is 11.8 Å². The second-order valence-corrected chi connectivity index (χ2v) is 6.09. The third-order valence-electron chi connectivity index (χ3n) is 4.14. The second-order valence-electron chi connectivity index (χ2n) is 6.09. The first-order chi connectivity index (χ1) is 9.72. The largest absolute Gasteiger partial charge is 0.378 e. The molecule has 1 aliphatic carbocycles. The SMILES string of the molecule is CN(C)c1nccc(CNC2CCOC(C3CC3)C2)n1. The number of ether oxygens (including phenoxy) is 1. The molecule has 1 saturated heterocycles. The van der Waals surface area contributed by atoms with Crippen LogP contribution < -0.4 is 10.2 Å². The quantitative estimate of drug-likeness (QED) is 0.885. The van der Waals surface area contributed by atoms with Crippen molar-refractivity contribution in [3.63, 3.8) is 0 Å². The molecule has 0 radical (unpaired) electrons. The average Bonchev–Trinajstić information content (AvgIpc) is 3.30. The topological polar surface area (TPSA) is 50.3 Å². The van der Waals surface area contributed by atoms with Crippen LogP contribution in [0.25, 0.3) is 0 Å². The molecule has 20 heavy (non-hydrogen) atoms. The van der Waals surface area contributed by atoms with Crippen molar-refractivity contribution >= 4 is 5.95 Å². The Bertz CT molecular complexity index is 447. The number of nitrogens with one attached hydrogen (secondary N) is 1. The van der Waals surface area contributed by atoms with Gasteiger partial charge >= 0.3 is 0 Å². The minimum atomic E-state index is 0.490. The fraction of sp³-hybridized carbons (Fsp3) is 0.733. The van der Waals surface area contributed by atoms with Gasteiger partial charge in [0.2, 0.25) is 5.95 Å². The van der Waals surface area contributed by atoms with E-state index in [0.29, 0.717) is 12.1 Å². The summed E-state index contributed by atoms with van der Waals surface area (Å²) < 4.78 is 5.86. The van der Waals surface area contributed by atoms with Gasteiger partial charge in [-0.05, 0) is 37.7 Å². The maximum absolute atomic E-state index is 5.86. The molecule has 0 bridgehead atoms. The van der Waals surface area contributed by atoms with Gasteiger partial charge in [-0.15, -0.1) is 0 Å². The number of anilines is 1. The van der Waals surface area contributed by atoms with Crippen molar-refractivity contribution in [3.8, 4) is 0 Å². The highest BCUT2D eigenvalue weighted by Gasteiger charge is 2.35. The summed E-state index contributed by atoms with van der Waals surface area (Å²) in [5.74, 6) is 1.60. The van der Waals surface area contributed by atoms with E-state index in [4.69, 9.17) is 4.74 Å². The van der Waals surface area contributed by atoms with Crippen LogP contribution in [0.3, 0.4) is 0 Å². The lowest BCUT2D eigenvalue weighted by Gasteiger charge is -2.30. The van der Waals surface area contributed by atoms with Gasteiger partial charge < -0.3 is 15.0 Å². The monoisotopic (exact) mass is 276 g/mol. The van der Waals surface area contributed by atoms with E-state index < -0.39 is 0 Å². The Kier molecular flexibility index (Phi) is 4.17. The summed E-state index contributed by atoms with van der Waals surface area (Å²) in [6.45, 7) is 1.71. The molecular formula is C15H24N4O. The zero-order valence-electron chi connectivity index (χ0n) is 12.4. The fourth-order valence-corrected chi connectivity index (χ4v) is 2.76. The number of rotatable bonds is 5. The van der Waals surface area contributed by atoms with E-state index in [1.807, 2.05) is 31.3 Å². The van der Waals surface area contributed by atoms with Crippen LogP contribution in [0.4, 0.5) is 5.95 Å². The number of aromatic nitrogens is 2. The zero-order valence-corrected chi connectivity index (χ0v) is 12.4. The predicted octanol–water partition coefficient (Wildman–Crippen LogP) is 1.59.